The van der Waals surface area contributed by atoms with E-state index < -0.39 is 0 Å². The summed E-state index contributed by atoms with van der Waals surface area (Å²) >= 11 is 5.84. The molecule has 0 aliphatic rings. The molecule has 2 heteroatoms. The summed E-state index contributed by atoms with van der Waals surface area (Å²) in [5, 5.41) is 1.95. The molecule has 0 bridgehead atoms. The van der Waals surface area contributed by atoms with Crippen LogP contribution >= 0.6 is 11.6 Å². The Labute approximate surface area is 87.3 Å². The van der Waals surface area contributed by atoms with Gasteiger partial charge in [-0.15, -0.1) is 11.6 Å². The second-order valence-corrected chi connectivity index (χ2v) is 3.63. The third-order valence-corrected chi connectivity index (χ3v) is 2.73. The fourth-order valence-electron chi connectivity index (χ4n) is 1.64. The van der Waals surface area contributed by atoms with Crippen molar-refractivity contribution in [1.29, 1.82) is 0 Å². The number of rotatable bonds is 1. The van der Waals surface area contributed by atoms with Gasteiger partial charge in [0.25, 0.3) is 0 Å². The zero-order valence-corrected chi connectivity index (χ0v) is 8.61. The van der Waals surface area contributed by atoms with Gasteiger partial charge in [0.05, 0.1) is 0 Å². The van der Waals surface area contributed by atoms with Gasteiger partial charge in [0.1, 0.15) is 5.82 Å². The Bertz CT molecular complexity index is 472. The van der Waals surface area contributed by atoms with Crippen molar-refractivity contribution in [2.45, 2.75) is 12.8 Å². The summed E-state index contributed by atoms with van der Waals surface area (Å²) in [6.45, 7) is 1.99. The lowest BCUT2D eigenvalue weighted by molar-refractivity contribution is 0.629. The molecule has 0 amide bonds. The number of halogens is 2. The highest BCUT2D eigenvalue weighted by Gasteiger charge is 2.04. The maximum atomic E-state index is 13.0. The molecule has 0 radical (unpaired) electrons. The number of fused-ring (bicyclic) bond motifs is 1. The van der Waals surface area contributed by atoms with Crippen molar-refractivity contribution in [3.63, 3.8) is 0 Å². The third kappa shape index (κ3) is 1.48. The maximum absolute atomic E-state index is 13.0. The van der Waals surface area contributed by atoms with Crippen LogP contribution in [0.4, 0.5) is 4.39 Å². The first kappa shape index (κ1) is 9.47. The molecule has 0 aromatic heterocycles. The molecule has 2 aromatic rings. The second-order valence-electron chi connectivity index (χ2n) is 3.36. The first-order valence-corrected chi connectivity index (χ1v) is 4.99. The molecule has 0 nitrogen and oxygen atoms in total. The van der Waals surface area contributed by atoms with E-state index in [0.29, 0.717) is 5.88 Å². The van der Waals surface area contributed by atoms with Crippen molar-refractivity contribution < 1.29 is 4.39 Å². The predicted octanol–water partition coefficient (Wildman–Crippen LogP) is 4.03. The highest BCUT2D eigenvalue weighted by atomic mass is 35.5. The van der Waals surface area contributed by atoms with Gasteiger partial charge in [-0.3, -0.25) is 0 Å². The molecule has 0 spiro atoms. The van der Waals surface area contributed by atoms with Crippen molar-refractivity contribution in [1.82, 2.24) is 0 Å². The summed E-state index contributed by atoms with van der Waals surface area (Å²) in [4.78, 5) is 0. The van der Waals surface area contributed by atoms with Crippen molar-refractivity contribution in [3.05, 3.63) is 47.3 Å². The molecule has 0 unspecified atom stereocenters. The minimum Gasteiger partial charge on any atom is -0.207 e. The highest BCUT2D eigenvalue weighted by Crippen LogP contribution is 2.24. The Balaban J connectivity index is 2.84. The number of benzene rings is 2. The fraction of sp³-hybridized carbons (Fsp3) is 0.167. The lowest BCUT2D eigenvalue weighted by Crippen LogP contribution is -1.88. The lowest BCUT2D eigenvalue weighted by atomic mass is 10.0. The van der Waals surface area contributed by atoms with Gasteiger partial charge in [0.15, 0.2) is 0 Å². The van der Waals surface area contributed by atoms with E-state index in [1.165, 1.54) is 6.07 Å². The van der Waals surface area contributed by atoms with Gasteiger partial charge >= 0.3 is 0 Å². The molecule has 14 heavy (non-hydrogen) atoms. The molecule has 0 aliphatic heterocycles. The summed E-state index contributed by atoms with van der Waals surface area (Å²) in [5.41, 5.74) is 2.13. The minimum atomic E-state index is -0.213. The van der Waals surface area contributed by atoms with E-state index in [1.807, 2.05) is 19.1 Å². The second kappa shape index (κ2) is 3.58. The van der Waals surface area contributed by atoms with Gasteiger partial charge in [-0.1, -0.05) is 18.2 Å². The molecule has 0 heterocycles. The molecule has 0 atom stereocenters. The van der Waals surface area contributed by atoms with E-state index in [1.54, 1.807) is 12.1 Å². The predicted molar refractivity (Wildman–Crippen MR) is 58.2 cm³/mol. The Morgan fingerprint density at radius 2 is 1.93 bits per heavy atom. The summed E-state index contributed by atoms with van der Waals surface area (Å²) < 4.78 is 13.0. The third-order valence-electron chi connectivity index (χ3n) is 2.46. The van der Waals surface area contributed by atoms with Crippen LogP contribution in [-0.4, -0.2) is 0 Å². The van der Waals surface area contributed by atoms with E-state index in [9.17, 15) is 4.39 Å². The highest BCUT2D eigenvalue weighted by molar-refractivity contribution is 6.18. The first-order valence-electron chi connectivity index (χ1n) is 4.46. The summed E-state index contributed by atoms with van der Waals surface area (Å²) in [7, 11) is 0. The van der Waals surface area contributed by atoms with Crippen LogP contribution in [0.5, 0.6) is 0 Å². The van der Waals surface area contributed by atoms with E-state index in [4.69, 9.17) is 11.6 Å². The average Bonchev–Trinajstić information content (AvgIpc) is 2.17. The SMILES string of the molecule is Cc1ccc2ccc(F)cc2c1CCl. The minimum absolute atomic E-state index is 0.213. The van der Waals surface area contributed by atoms with Crippen molar-refractivity contribution in [2.24, 2.45) is 0 Å². The zero-order chi connectivity index (χ0) is 10.1. The molecule has 0 saturated heterocycles. The van der Waals surface area contributed by atoms with Crippen molar-refractivity contribution in [2.75, 3.05) is 0 Å². The van der Waals surface area contributed by atoms with Crippen molar-refractivity contribution in [3.8, 4) is 0 Å². The molecular formula is C12H10ClF. The molecule has 0 saturated carbocycles. The largest absolute Gasteiger partial charge is 0.207 e. The van der Waals surface area contributed by atoms with Gasteiger partial charge < -0.3 is 0 Å². The topological polar surface area (TPSA) is 0 Å². The number of alkyl halides is 1. The van der Waals surface area contributed by atoms with E-state index in [2.05, 4.69) is 0 Å². The average molecular weight is 209 g/mol. The van der Waals surface area contributed by atoms with Crippen LogP contribution in [0.1, 0.15) is 11.1 Å². The molecular weight excluding hydrogens is 199 g/mol. The maximum Gasteiger partial charge on any atom is 0.123 e. The smallest absolute Gasteiger partial charge is 0.123 e. The Kier molecular flexibility index (Phi) is 2.42. The van der Waals surface area contributed by atoms with Gasteiger partial charge in [0, 0.05) is 5.88 Å². The van der Waals surface area contributed by atoms with Crippen molar-refractivity contribution >= 4 is 22.4 Å². The quantitative estimate of drug-likeness (QED) is 0.621. The van der Waals surface area contributed by atoms with Crippen LogP contribution < -0.4 is 0 Å². The molecule has 2 rings (SSSR count). The standard InChI is InChI=1S/C12H10ClF/c1-8-2-3-9-4-5-10(14)6-11(9)12(8)7-13/h2-6H,7H2,1H3. The Morgan fingerprint density at radius 1 is 1.21 bits per heavy atom. The molecule has 0 aliphatic carbocycles. The summed E-state index contributed by atoms with van der Waals surface area (Å²) in [6.07, 6.45) is 0. The Hall–Kier alpha value is -1.08. The van der Waals surface area contributed by atoms with Gasteiger partial charge in [-0.25, -0.2) is 4.39 Å². The number of hydrogen-bond donors (Lipinski definition) is 0. The zero-order valence-electron chi connectivity index (χ0n) is 7.85. The van der Waals surface area contributed by atoms with Gasteiger partial charge in [0.2, 0.25) is 0 Å². The Morgan fingerprint density at radius 3 is 2.64 bits per heavy atom. The summed E-state index contributed by atoms with van der Waals surface area (Å²) in [6, 6.07) is 8.79. The van der Waals surface area contributed by atoms with Crippen LogP contribution in [-0.2, 0) is 5.88 Å². The lowest BCUT2D eigenvalue weighted by Gasteiger charge is -2.07. The van der Waals surface area contributed by atoms with Gasteiger partial charge in [-0.2, -0.15) is 0 Å². The normalized spacial score (nSPS) is 10.8. The number of aryl methyl sites for hydroxylation is 1. The molecule has 0 N–H and O–H groups in total. The van der Waals surface area contributed by atoms with Crippen LogP contribution in [0.2, 0.25) is 0 Å². The van der Waals surface area contributed by atoms with E-state index in [0.717, 1.165) is 21.9 Å². The molecule has 72 valence electrons. The number of hydrogen-bond acceptors (Lipinski definition) is 0. The van der Waals surface area contributed by atoms with E-state index >= 15 is 0 Å². The molecule has 2 aromatic carbocycles. The van der Waals surface area contributed by atoms with E-state index in [-0.39, 0.29) is 5.82 Å². The monoisotopic (exact) mass is 208 g/mol. The van der Waals surface area contributed by atoms with Crippen LogP contribution in [0.25, 0.3) is 10.8 Å². The van der Waals surface area contributed by atoms with Crippen LogP contribution in [0, 0.1) is 12.7 Å². The molecule has 0 fully saturated rings. The fourth-order valence-corrected chi connectivity index (χ4v) is 2.00. The van der Waals surface area contributed by atoms with Crippen LogP contribution in [0.3, 0.4) is 0 Å². The first-order chi connectivity index (χ1) is 6.72. The van der Waals surface area contributed by atoms with Crippen LogP contribution in [0.15, 0.2) is 30.3 Å². The summed E-state index contributed by atoms with van der Waals surface area (Å²) in [5.74, 6) is 0.210. The van der Waals surface area contributed by atoms with Gasteiger partial charge in [-0.05, 0) is 41.0 Å².